The molecule has 2 rings (SSSR count). The molecule has 0 bridgehead atoms. The molecule has 0 aromatic carbocycles. The van der Waals surface area contributed by atoms with Crippen LogP contribution in [0.4, 0.5) is 0 Å². The van der Waals surface area contributed by atoms with Crippen LogP contribution in [0.5, 0.6) is 0 Å². The third-order valence-electron chi connectivity index (χ3n) is 2.79. The first-order valence-electron chi connectivity index (χ1n) is 4.97. The second kappa shape index (κ2) is 4.21. The van der Waals surface area contributed by atoms with Crippen molar-refractivity contribution in [2.45, 2.75) is 18.9 Å². The number of rotatable bonds is 1. The number of hydrogen-bond donors (Lipinski definition) is 2. The average Bonchev–Trinajstić information content (AvgIpc) is 2.21. The number of hydrogen-bond acceptors (Lipinski definition) is 3. The molecule has 12 heavy (non-hydrogen) atoms. The fourth-order valence-corrected chi connectivity index (χ4v) is 2.05. The van der Waals surface area contributed by atoms with E-state index >= 15 is 0 Å². The van der Waals surface area contributed by atoms with Gasteiger partial charge in [-0.2, -0.15) is 0 Å². The normalized spacial score (nSPS) is 29.0. The number of nitrogens with zero attached hydrogens (tertiary/aromatic N) is 1. The third kappa shape index (κ3) is 1.97. The largest absolute Gasteiger partial charge is 0.317 e. The summed E-state index contributed by atoms with van der Waals surface area (Å²) in [5.74, 6) is 0. The van der Waals surface area contributed by atoms with Crippen molar-refractivity contribution in [3.63, 3.8) is 0 Å². The van der Waals surface area contributed by atoms with Gasteiger partial charge in [0.05, 0.1) is 0 Å². The highest BCUT2D eigenvalue weighted by Gasteiger charge is 2.21. The summed E-state index contributed by atoms with van der Waals surface area (Å²) in [6.45, 7) is 8.12. The Morgan fingerprint density at radius 2 is 1.92 bits per heavy atom. The molecule has 69 valence electrons. The molecule has 0 aromatic heterocycles. The van der Waals surface area contributed by atoms with Gasteiger partial charge in [0.2, 0.25) is 0 Å². The summed E-state index contributed by atoms with van der Waals surface area (Å²) in [7, 11) is 0. The SMILES string of the molecule is [CH]1CNCCN1C1CCNCC1. The molecule has 2 heterocycles. The van der Waals surface area contributed by atoms with Gasteiger partial charge in [-0.1, -0.05) is 0 Å². The molecule has 2 aliphatic heterocycles. The molecule has 0 amide bonds. The van der Waals surface area contributed by atoms with Crippen molar-refractivity contribution < 1.29 is 0 Å². The molecule has 0 aromatic rings. The molecular formula is C9H18N3. The van der Waals surface area contributed by atoms with Crippen LogP contribution in [0.25, 0.3) is 0 Å². The summed E-state index contributed by atoms with van der Waals surface area (Å²) in [4.78, 5) is 2.53. The Kier molecular flexibility index (Phi) is 2.98. The van der Waals surface area contributed by atoms with Crippen LogP contribution in [0.2, 0.25) is 0 Å². The van der Waals surface area contributed by atoms with Crippen LogP contribution in [0, 0.1) is 6.54 Å². The van der Waals surface area contributed by atoms with Crippen LogP contribution in [0.15, 0.2) is 0 Å². The highest BCUT2D eigenvalue weighted by Crippen LogP contribution is 2.13. The monoisotopic (exact) mass is 168 g/mol. The van der Waals surface area contributed by atoms with Crippen LogP contribution in [-0.2, 0) is 0 Å². The molecule has 0 spiro atoms. The lowest BCUT2D eigenvalue weighted by Gasteiger charge is -2.36. The van der Waals surface area contributed by atoms with Crippen molar-refractivity contribution in [1.29, 1.82) is 0 Å². The standard InChI is InChI=1S/C9H18N3/c1-3-10-4-2-9(1)12-7-5-11-6-8-12/h7,9-11H,1-6,8H2. The first kappa shape index (κ1) is 8.48. The van der Waals surface area contributed by atoms with Gasteiger partial charge in [-0.15, -0.1) is 0 Å². The number of piperazine rings is 1. The zero-order chi connectivity index (χ0) is 8.23. The van der Waals surface area contributed by atoms with Crippen LogP contribution >= 0.6 is 0 Å². The number of nitrogens with one attached hydrogen (secondary N) is 2. The quantitative estimate of drug-likeness (QED) is 0.568. The average molecular weight is 168 g/mol. The van der Waals surface area contributed by atoms with Crippen molar-refractivity contribution in [2.75, 3.05) is 32.7 Å². The van der Waals surface area contributed by atoms with E-state index in [1.54, 1.807) is 0 Å². The topological polar surface area (TPSA) is 27.3 Å². The summed E-state index contributed by atoms with van der Waals surface area (Å²) >= 11 is 0. The maximum absolute atomic E-state index is 3.40. The lowest BCUT2D eigenvalue weighted by Crippen LogP contribution is -2.48. The van der Waals surface area contributed by atoms with Crippen LogP contribution in [0.1, 0.15) is 12.8 Å². The van der Waals surface area contributed by atoms with E-state index in [9.17, 15) is 0 Å². The zero-order valence-electron chi connectivity index (χ0n) is 7.55. The van der Waals surface area contributed by atoms with Gasteiger partial charge in [-0.05, 0) is 25.9 Å². The molecule has 0 atom stereocenters. The predicted octanol–water partition coefficient (Wildman–Crippen LogP) is -0.195. The highest BCUT2D eigenvalue weighted by molar-refractivity contribution is 4.86. The summed E-state index contributed by atoms with van der Waals surface area (Å²) < 4.78 is 0. The van der Waals surface area contributed by atoms with E-state index in [-0.39, 0.29) is 0 Å². The minimum atomic E-state index is 0.813. The van der Waals surface area contributed by atoms with E-state index in [4.69, 9.17) is 0 Å². The Labute approximate surface area is 74.5 Å². The Bertz CT molecular complexity index is 110. The first-order valence-corrected chi connectivity index (χ1v) is 4.97. The van der Waals surface area contributed by atoms with Gasteiger partial charge in [0.1, 0.15) is 0 Å². The van der Waals surface area contributed by atoms with Gasteiger partial charge in [0.15, 0.2) is 0 Å². The molecule has 3 nitrogen and oxygen atoms in total. The van der Waals surface area contributed by atoms with Gasteiger partial charge in [0, 0.05) is 32.2 Å². The first-order chi connectivity index (χ1) is 5.97. The Hall–Kier alpha value is -0.120. The van der Waals surface area contributed by atoms with E-state index in [0.29, 0.717) is 0 Å². The Balaban J connectivity index is 1.80. The summed E-state index contributed by atoms with van der Waals surface area (Å²) in [5.41, 5.74) is 0. The highest BCUT2D eigenvalue weighted by atomic mass is 15.2. The van der Waals surface area contributed by atoms with Gasteiger partial charge in [-0.25, -0.2) is 0 Å². The minimum absolute atomic E-state index is 0.813. The molecule has 2 N–H and O–H groups in total. The summed E-state index contributed by atoms with van der Waals surface area (Å²) in [6.07, 6.45) is 2.63. The molecule has 0 saturated carbocycles. The van der Waals surface area contributed by atoms with Crippen molar-refractivity contribution in [1.82, 2.24) is 15.5 Å². The molecule has 2 aliphatic rings. The molecule has 0 aliphatic carbocycles. The van der Waals surface area contributed by atoms with Crippen LogP contribution < -0.4 is 10.6 Å². The van der Waals surface area contributed by atoms with Crippen molar-refractivity contribution >= 4 is 0 Å². The zero-order valence-corrected chi connectivity index (χ0v) is 7.55. The summed E-state index contributed by atoms with van der Waals surface area (Å²) in [5, 5.41) is 6.74. The van der Waals surface area contributed by atoms with Crippen molar-refractivity contribution in [2.24, 2.45) is 0 Å². The van der Waals surface area contributed by atoms with Gasteiger partial charge in [-0.3, -0.25) is 4.90 Å². The third-order valence-corrected chi connectivity index (χ3v) is 2.79. The van der Waals surface area contributed by atoms with E-state index in [1.165, 1.54) is 32.5 Å². The fourth-order valence-electron chi connectivity index (χ4n) is 2.05. The van der Waals surface area contributed by atoms with Gasteiger partial charge in [0.25, 0.3) is 0 Å². The van der Waals surface area contributed by atoms with Crippen LogP contribution in [0.3, 0.4) is 0 Å². The summed E-state index contributed by atoms with van der Waals surface area (Å²) in [6, 6.07) is 0.813. The molecule has 3 heteroatoms. The van der Waals surface area contributed by atoms with Crippen molar-refractivity contribution in [3.8, 4) is 0 Å². The van der Waals surface area contributed by atoms with Crippen molar-refractivity contribution in [3.05, 3.63) is 6.54 Å². The minimum Gasteiger partial charge on any atom is -0.317 e. The smallest absolute Gasteiger partial charge is 0.0392 e. The van der Waals surface area contributed by atoms with Crippen LogP contribution in [-0.4, -0.2) is 43.7 Å². The predicted molar refractivity (Wildman–Crippen MR) is 49.8 cm³/mol. The Morgan fingerprint density at radius 1 is 1.08 bits per heavy atom. The molecule has 2 saturated heterocycles. The molecule has 2 fully saturated rings. The second-order valence-electron chi connectivity index (χ2n) is 3.61. The maximum atomic E-state index is 3.40. The van der Waals surface area contributed by atoms with E-state index in [1.807, 2.05) is 0 Å². The van der Waals surface area contributed by atoms with E-state index in [0.717, 1.165) is 19.1 Å². The molecule has 1 radical (unpaired) electrons. The second-order valence-corrected chi connectivity index (χ2v) is 3.61. The van der Waals surface area contributed by atoms with Gasteiger partial charge >= 0.3 is 0 Å². The fraction of sp³-hybridized carbons (Fsp3) is 0.889. The Morgan fingerprint density at radius 3 is 2.58 bits per heavy atom. The van der Waals surface area contributed by atoms with Gasteiger partial charge < -0.3 is 10.6 Å². The molecule has 0 unspecified atom stereocenters. The number of piperidine rings is 1. The maximum Gasteiger partial charge on any atom is 0.0392 e. The molecular weight excluding hydrogens is 150 g/mol. The van der Waals surface area contributed by atoms with E-state index in [2.05, 4.69) is 22.1 Å². The lowest BCUT2D eigenvalue weighted by molar-refractivity contribution is 0.181. The van der Waals surface area contributed by atoms with E-state index < -0.39 is 0 Å². The lowest BCUT2D eigenvalue weighted by atomic mass is 10.0.